The number of ether oxygens (including phenoxy) is 3. The van der Waals surface area contributed by atoms with Crippen LogP contribution < -0.4 is 36.0 Å². The summed E-state index contributed by atoms with van der Waals surface area (Å²) in [6.07, 6.45) is 6.18. The van der Waals surface area contributed by atoms with Crippen LogP contribution in [0.25, 0.3) is 0 Å². The van der Waals surface area contributed by atoms with E-state index in [1.165, 1.54) is 48.2 Å². The fourth-order valence-corrected chi connectivity index (χ4v) is 7.45. The van der Waals surface area contributed by atoms with E-state index in [4.69, 9.17) is 9.47 Å². The van der Waals surface area contributed by atoms with Gasteiger partial charge in [0.15, 0.2) is 5.60 Å². The molecule has 2 aliphatic rings. The van der Waals surface area contributed by atoms with E-state index in [0.29, 0.717) is 40.7 Å². The average Bonchev–Trinajstić information content (AvgIpc) is 3.54. The summed E-state index contributed by atoms with van der Waals surface area (Å²) in [4.78, 5) is 83.4. The van der Waals surface area contributed by atoms with Gasteiger partial charge in [-0.25, -0.2) is 9.59 Å². The number of amides is 3. The lowest BCUT2D eigenvalue weighted by molar-refractivity contribution is -0.134. The van der Waals surface area contributed by atoms with Crippen LogP contribution in [0, 0.1) is 5.92 Å². The molecule has 2 aliphatic heterocycles. The lowest BCUT2D eigenvalue weighted by atomic mass is 9.77. The van der Waals surface area contributed by atoms with Gasteiger partial charge in [0.05, 0.1) is 12.7 Å². The van der Waals surface area contributed by atoms with Gasteiger partial charge in [-0.3, -0.25) is 19.2 Å². The van der Waals surface area contributed by atoms with Gasteiger partial charge in [-0.05, 0) is 67.3 Å². The molecule has 3 N–H and O–H groups in total. The molecule has 0 aliphatic carbocycles. The van der Waals surface area contributed by atoms with Gasteiger partial charge in [0.1, 0.15) is 29.8 Å². The second-order valence-electron chi connectivity index (χ2n) is 15.4. The van der Waals surface area contributed by atoms with Crippen LogP contribution in [-0.2, 0) is 36.0 Å². The number of pyridine rings is 1. The Kier molecular flexibility index (Phi) is 13.3. The molecule has 0 saturated carbocycles. The first-order valence-corrected chi connectivity index (χ1v) is 20.2. The van der Waals surface area contributed by atoms with Crippen molar-refractivity contribution in [3.8, 4) is 11.5 Å². The van der Waals surface area contributed by atoms with Crippen molar-refractivity contribution in [2.45, 2.75) is 57.7 Å². The van der Waals surface area contributed by atoms with Gasteiger partial charge in [-0.1, -0.05) is 38.8 Å². The van der Waals surface area contributed by atoms with Gasteiger partial charge in [0.25, 0.3) is 11.5 Å². The molecule has 1 unspecified atom stereocenters. The van der Waals surface area contributed by atoms with Crippen LogP contribution in [0.1, 0.15) is 76.9 Å². The zero-order valence-electron chi connectivity index (χ0n) is 35.5. The number of rotatable bonds is 16. The van der Waals surface area contributed by atoms with Crippen molar-refractivity contribution in [1.29, 1.82) is 0 Å². The van der Waals surface area contributed by atoms with E-state index in [1.54, 1.807) is 12.1 Å². The minimum atomic E-state index is -1.38. The lowest BCUT2D eigenvalue weighted by Crippen LogP contribution is -2.44. The Labute approximate surface area is 354 Å². The van der Waals surface area contributed by atoms with Crippen molar-refractivity contribution in [2.24, 2.45) is 5.92 Å². The highest BCUT2D eigenvalue weighted by atomic mass is 16.6. The molecule has 1 spiro atoms. The molecule has 0 saturated heterocycles. The number of hydrogen-bond acceptors (Lipinski definition) is 11. The van der Waals surface area contributed by atoms with Gasteiger partial charge < -0.3 is 44.5 Å². The number of carbonyl (C=O) groups is 5. The van der Waals surface area contributed by atoms with E-state index in [-0.39, 0.29) is 42.1 Å². The Morgan fingerprint density at radius 2 is 1.51 bits per heavy atom. The number of benzene rings is 3. The fraction of sp³-hybridized carbons (Fsp3) is 0.348. The van der Waals surface area contributed by atoms with E-state index >= 15 is 0 Å². The van der Waals surface area contributed by atoms with Crippen LogP contribution in [0.4, 0.5) is 17.1 Å². The molecule has 61 heavy (non-hydrogen) atoms. The number of carbonyl (C=O) groups excluding carboxylic acids is 5. The van der Waals surface area contributed by atoms with E-state index < -0.39 is 41.0 Å². The van der Waals surface area contributed by atoms with Crippen LogP contribution in [0.2, 0.25) is 0 Å². The maximum absolute atomic E-state index is 14.0. The summed E-state index contributed by atoms with van der Waals surface area (Å²) in [7, 11) is 8.91. The Morgan fingerprint density at radius 1 is 0.869 bits per heavy atom. The van der Waals surface area contributed by atoms with Crippen LogP contribution in [0.5, 0.6) is 11.5 Å². The molecule has 1 atom stereocenters. The van der Waals surface area contributed by atoms with Gasteiger partial charge in [0.2, 0.25) is 11.8 Å². The predicted molar refractivity (Wildman–Crippen MR) is 231 cm³/mol. The molecule has 15 heteroatoms. The third-order valence-electron chi connectivity index (χ3n) is 11.1. The number of aromatic nitrogens is 1. The van der Waals surface area contributed by atoms with Crippen LogP contribution >= 0.6 is 0 Å². The van der Waals surface area contributed by atoms with Gasteiger partial charge in [-0.2, -0.15) is 0 Å². The molecular weight excluding hydrogens is 781 g/mol. The van der Waals surface area contributed by atoms with Gasteiger partial charge >= 0.3 is 11.9 Å². The van der Waals surface area contributed by atoms with Crippen molar-refractivity contribution in [2.75, 3.05) is 57.0 Å². The molecule has 0 fully saturated rings. The molecule has 4 aromatic rings. The van der Waals surface area contributed by atoms with E-state index in [2.05, 4.69) is 20.7 Å². The summed E-state index contributed by atoms with van der Waals surface area (Å²) in [6, 6.07) is 17.8. The molecular formula is C46H52N6O9. The maximum atomic E-state index is 14.0. The van der Waals surface area contributed by atoms with Crippen molar-refractivity contribution < 1.29 is 38.2 Å². The summed E-state index contributed by atoms with van der Waals surface area (Å²) >= 11 is 0. The predicted octanol–water partition coefficient (Wildman–Crippen LogP) is 5.35. The van der Waals surface area contributed by atoms with E-state index in [9.17, 15) is 28.8 Å². The standard InChI is InChI=1S/C46H52N6O9/c1-8-28(9-2)26-47-40(53)27-52-22-12-14-37(44(52)57)49-43(56)36(13-10-11-15-41(54)59-7)48-42(55)29-16-19-33-32(23-29)45(58)61-46(33)34-20-17-30(50(3)4)24-38(34)60-39-25-31(51(5)6)18-21-35(39)46/h11-12,14-25,28,36H,8-10,13,26-27H2,1-7H3,(H,47,53)(H,48,55)(H,49,56). The molecule has 320 valence electrons. The zero-order valence-corrected chi connectivity index (χ0v) is 35.5. The molecule has 3 amide bonds. The second kappa shape index (κ2) is 18.6. The molecule has 1 aromatic heterocycles. The Bertz CT molecular complexity index is 2380. The number of hydrogen-bond donors (Lipinski definition) is 3. The van der Waals surface area contributed by atoms with Crippen LogP contribution in [-0.4, -0.2) is 82.1 Å². The summed E-state index contributed by atoms with van der Waals surface area (Å²) in [5, 5.41) is 8.22. The molecule has 0 radical (unpaired) electrons. The fourth-order valence-electron chi connectivity index (χ4n) is 7.45. The molecule has 6 rings (SSSR count). The SMILES string of the molecule is CCC(CC)CNC(=O)Cn1cccc(NC(=O)C(CCC=CC(=O)OC)NC(=O)c2ccc3c(c2)C(=O)OC32c3ccc(N(C)C)cc3Oc3cc(N(C)C)ccc32)c1=O. The van der Waals surface area contributed by atoms with Crippen molar-refractivity contribution >= 4 is 46.7 Å². The van der Waals surface area contributed by atoms with Crippen LogP contribution in [0.3, 0.4) is 0 Å². The van der Waals surface area contributed by atoms with Gasteiger partial charge in [-0.15, -0.1) is 0 Å². The normalized spacial score (nSPS) is 13.7. The Hall–Kier alpha value is -6.90. The summed E-state index contributed by atoms with van der Waals surface area (Å²) in [5.74, 6) is -1.62. The van der Waals surface area contributed by atoms with Gasteiger partial charge in [0, 0.05) is 92.8 Å². The Morgan fingerprint density at radius 3 is 2.11 bits per heavy atom. The first-order valence-electron chi connectivity index (χ1n) is 20.2. The summed E-state index contributed by atoms with van der Waals surface area (Å²) in [5.41, 5.74) is 1.66. The average molecular weight is 833 g/mol. The van der Waals surface area contributed by atoms with Crippen molar-refractivity contribution in [3.63, 3.8) is 0 Å². The smallest absolute Gasteiger partial charge is 0.340 e. The minimum absolute atomic E-state index is 0.0258. The summed E-state index contributed by atoms with van der Waals surface area (Å²) < 4.78 is 18.7. The molecule has 0 bridgehead atoms. The molecule has 3 heterocycles. The number of methoxy groups -OCH3 is 1. The van der Waals surface area contributed by atoms with E-state index in [1.807, 2.05) is 88.2 Å². The van der Waals surface area contributed by atoms with Crippen molar-refractivity contribution in [1.82, 2.24) is 15.2 Å². The maximum Gasteiger partial charge on any atom is 0.340 e. The second-order valence-corrected chi connectivity index (χ2v) is 15.4. The van der Waals surface area contributed by atoms with E-state index in [0.717, 1.165) is 24.2 Å². The summed E-state index contributed by atoms with van der Waals surface area (Å²) in [6.45, 7) is 4.33. The third kappa shape index (κ3) is 9.15. The highest BCUT2D eigenvalue weighted by molar-refractivity contribution is 6.04. The van der Waals surface area contributed by atoms with Crippen molar-refractivity contribution in [3.05, 3.63) is 123 Å². The largest absolute Gasteiger partial charge is 0.466 e. The monoisotopic (exact) mass is 832 g/mol. The quantitative estimate of drug-likeness (QED) is 0.0981. The van der Waals surface area contributed by atoms with Crippen LogP contribution in [0.15, 0.2) is 89.9 Å². The molecule has 15 nitrogen and oxygen atoms in total. The number of anilines is 3. The number of esters is 2. The lowest BCUT2D eigenvalue weighted by Gasteiger charge is -2.37. The molecule has 3 aromatic carbocycles. The third-order valence-corrected chi connectivity index (χ3v) is 11.1. The first kappa shape index (κ1) is 43.7. The number of allylic oxidation sites excluding steroid dienone is 1. The minimum Gasteiger partial charge on any atom is -0.466 e. The number of fused-ring (bicyclic) bond motifs is 6. The zero-order chi connectivity index (χ0) is 44.0. The first-order chi connectivity index (χ1) is 29.2. The highest BCUT2D eigenvalue weighted by Gasteiger charge is 2.54. The topological polar surface area (TPSA) is 178 Å². The Balaban J connectivity index is 1.28. The number of nitrogens with one attached hydrogen (secondary N) is 3. The number of nitrogens with zero attached hydrogens (tertiary/aromatic N) is 3. The highest BCUT2D eigenvalue weighted by Crippen LogP contribution is 2.57.